The highest BCUT2D eigenvalue weighted by atomic mass is 19.1. The van der Waals surface area contributed by atoms with E-state index < -0.39 is 0 Å². The van der Waals surface area contributed by atoms with Crippen LogP contribution in [-0.2, 0) is 24.4 Å². The van der Waals surface area contributed by atoms with Gasteiger partial charge in [0.2, 0.25) is 0 Å². The Bertz CT molecular complexity index is 699. The second-order valence-electron chi connectivity index (χ2n) is 6.81. The van der Waals surface area contributed by atoms with Crippen molar-refractivity contribution in [1.82, 2.24) is 19.7 Å². The minimum Gasteiger partial charge on any atom is -0.383 e. The molecule has 1 fully saturated rings. The van der Waals surface area contributed by atoms with Gasteiger partial charge in [-0.3, -0.25) is 4.90 Å². The zero-order valence-corrected chi connectivity index (χ0v) is 14.9. The number of nitrogens with zero attached hydrogens (tertiary/aromatic N) is 4. The van der Waals surface area contributed by atoms with Crippen LogP contribution in [0.4, 0.5) is 4.39 Å². The number of aromatic nitrogens is 3. The molecule has 1 heterocycles. The third-order valence-corrected chi connectivity index (χ3v) is 4.72. The summed E-state index contributed by atoms with van der Waals surface area (Å²) in [5.74, 6) is 2.07. The van der Waals surface area contributed by atoms with Gasteiger partial charge in [-0.15, -0.1) is 10.2 Å². The molecule has 25 heavy (non-hydrogen) atoms. The number of nitrogens with two attached hydrogens (primary N) is 1. The zero-order valence-electron chi connectivity index (χ0n) is 14.9. The fourth-order valence-electron chi connectivity index (χ4n) is 3.28. The Labute approximate surface area is 147 Å². The van der Waals surface area contributed by atoms with Gasteiger partial charge in [0, 0.05) is 37.7 Å². The molecule has 0 amide bonds. The fraction of sp³-hybridized carbons (Fsp3) is 0.556. The van der Waals surface area contributed by atoms with Crippen molar-refractivity contribution in [1.29, 1.82) is 0 Å². The van der Waals surface area contributed by atoms with Crippen molar-refractivity contribution in [3.8, 4) is 0 Å². The van der Waals surface area contributed by atoms with E-state index in [0.717, 1.165) is 24.5 Å². The van der Waals surface area contributed by atoms with Gasteiger partial charge >= 0.3 is 0 Å². The zero-order chi connectivity index (χ0) is 17.8. The van der Waals surface area contributed by atoms with Crippen molar-refractivity contribution >= 4 is 0 Å². The van der Waals surface area contributed by atoms with E-state index in [9.17, 15) is 4.39 Å². The lowest BCUT2D eigenvalue weighted by Crippen LogP contribution is -2.36. The van der Waals surface area contributed by atoms with Crippen molar-refractivity contribution in [2.45, 2.75) is 44.4 Å². The average Bonchev–Trinajstić information content (AvgIpc) is 2.94. The van der Waals surface area contributed by atoms with Crippen molar-refractivity contribution in [2.24, 2.45) is 5.73 Å². The Hall–Kier alpha value is -1.83. The summed E-state index contributed by atoms with van der Waals surface area (Å²) in [7, 11) is 3.65. The molecular weight excluding hydrogens is 321 g/mol. The molecule has 1 aliphatic carbocycles. The molecule has 136 valence electrons. The second kappa shape index (κ2) is 8.03. The van der Waals surface area contributed by atoms with Gasteiger partial charge in [-0.1, -0.05) is 18.2 Å². The minimum absolute atomic E-state index is 0.181. The van der Waals surface area contributed by atoms with Gasteiger partial charge in [0.25, 0.3) is 0 Å². The average molecular weight is 347 g/mol. The van der Waals surface area contributed by atoms with Crippen LogP contribution in [0.2, 0.25) is 0 Å². The molecule has 0 spiro atoms. The Kier molecular flexibility index (Phi) is 5.78. The maximum absolute atomic E-state index is 13.8. The molecule has 1 aliphatic rings. The predicted molar refractivity (Wildman–Crippen MR) is 93.4 cm³/mol. The van der Waals surface area contributed by atoms with Gasteiger partial charge in [0.15, 0.2) is 0 Å². The third-order valence-electron chi connectivity index (χ3n) is 4.72. The van der Waals surface area contributed by atoms with Crippen LogP contribution in [0, 0.1) is 5.82 Å². The van der Waals surface area contributed by atoms with E-state index >= 15 is 0 Å². The highest BCUT2D eigenvalue weighted by molar-refractivity contribution is 5.17. The van der Waals surface area contributed by atoms with E-state index in [2.05, 4.69) is 14.8 Å². The summed E-state index contributed by atoms with van der Waals surface area (Å²) < 4.78 is 21.2. The molecular formula is C18H26FN5O. The van der Waals surface area contributed by atoms with Crippen LogP contribution < -0.4 is 5.73 Å². The normalized spacial score (nSPS) is 20.0. The molecule has 1 aromatic heterocycles. The fourth-order valence-corrected chi connectivity index (χ4v) is 3.28. The van der Waals surface area contributed by atoms with E-state index in [4.69, 9.17) is 10.5 Å². The number of benzene rings is 1. The van der Waals surface area contributed by atoms with Gasteiger partial charge in [0.05, 0.1) is 13.2 Å². The molecule has 3 rings (SSSR count). The molecule has 6 nitrogen and oxygen atoms in total. The standard InChI is InChI=1S/C18H26FN5O/c1-23(11-13-5-3-4-6-16(13)19)12-17-21-22-18(14-9-15(20)10-14)24(17)7-8-25-2/h3-6,14-15H,7-12,20H2,1-2H3. The highest BCUT2D eigenvalue weighted by Crippen LogP contribution is 2.34. The monoisotopic (exact) mass is 347 g/mol. The summed E-state index contributed by atoms with van der Waals surface area (Å²) in [5.41, 5.74) is 6.60. The molecule has 1 saturated carbocycles. The van der Waals surface area contributed by atoms with Crippen molar-refractivity contribution < 1.29 is 9.13 Å². The summed E-state index contributed by atoms with van der Waals surface area (Å²) in [5, 5.41) is 8.79. The van der Waals surface area contributed by atoms with Gasteiger partial charge in [-0.2, -0.15) is 0 Å². The van der Waals surface area contributed by atoms with Crippen molar-refractivity contribution in [3.05, 3.63) is 47.3 Å². The van der Waals surface area contributed by atoms with E-state index in [1.165, 1.54) is 6.07 Å². The lowest BCUT2D eigenvalue weighted by atomic mass is 9.80. The summed E-state index contributed by atoms with van der Waals surface area (Å²) >= 11 is 0. The van der Waals surface area contributed by atoms with Crippen LogP contribution in [0.3, 0.4) is 0 Å². The summed E-state index contributed by atoms with van der Waals surface area (Å²) in [6.45, 7) is 2.44. The molecule has 2 N–H and O–H groups in total. The molecule has 1 aromatic carbocycles. The van der Waals surface area contributed by atoms with E-state index in [0.29, 0.717) is 37.7 Å². The largest absolute Gasteiger partial charge is 0.383 e. The molecule has 0 saturated heterocycles. The Morgan fingerprint density at radius 2 is 2.04 bits per heavy atom. The molecule has 0 unspecified atom stereocenters. The topological polar surface area (TPSA) is 69.2 Å². The summed E-state index contributed by atoms with van der Waals surface area (Å²) in [6.07, 6.45) is 1.91. The van der Waals surface area contributed by atoms with Crippen LogP contribution >= 0.6 is 0 Å². The molecule has 0 bridgehead atoms. The summed E-state index contributed by atoms with van der Waals surface area (Å²) in [4.78, 5) is 2.04. The van der Waals surface area contributed by atoms with Gasteiger partial charge in [0.1, 0.15) is 17.5 Å². The highest BCUT2D eigenvalue weighted by Gasteiger charge is 2.32. The predicted octanol–water partition coefficient (Wildman–Crippen LogP) is 1.90. The van der Waals surface area contributed by atoms with Crippen LogP contribution in [-0.4, -0.2) is 46.5 Å². The maximum atomic E-state index is 13.8. The quantitative estimate of drug-likeness (QED) is 0.790. The number of ether oxygens (including phenoxy) is 1. The smallest absolute Gasteiger partial charge is 0.147 e. The van der Waals surface area contributed by atoms with Crippen LogP contribution in [0.5, 0.6) is 0 Å². The number of hydrogen-bond donors (Lipinski definition) is 1. The number of rotatable bonds is 8. The maximum Gasteiger partial charge on any atom is 0.147 e. The number of halogens is 1. The van der Waals surface area contributed by atoms with Crippen LogP contribution in [0.25, 0.3) is 0 Å². The Morgan fingerprint density at radius 3 is 2.72 bits per heavy atom. The first kappa shape index (κ1) is 18.0. The molecule has 0 radical (unpaired) electrons. The minimum atomic E-state index is -0.181. The van der Waals surface area contributed by atoms with E-state index in [1.807, 2.05) is 24.1 Å². The first-order chi connectivity index (χ1) is 12.1. The van der Waals surface area contributed by atoms with Crippen LogP contribution in [0.15, 0.2) is 24.3 Å². The van der Waals surface area contributed by atoms with Gasteiger partial charge in [-0.25, -0.2) is 4.39 Å². The number of hydrogen-bond acceptors (Lipinski definition) is 5. The third kappa shape index (κ3) is 4.23. The van der Waals surface area contributed by atoms with Gasteiger partial charge < -0.3 is 15.0 Å². The molecule has 7 heteroatoms. The second-order valence-corrected chi connectivity index (χ2v) is 6.81. The lowest BCUT2D eigenvalue weighted by Gasteiger charge is -2.32. The van der Waals surface area contributed by atoms with Crippen LogP contribution in [0.1, 0.15) is 36.0 Å². The SMILES string of the molecule is COCCn1c(CN(C)Cc2ccccc2F)nnc1C1CC(N)C1. The lowest BCUT2D eigenvalue weighted by molar-refractivity contribution is 0.181. The number of methoxy groups -OCH3 is 1. The Morgan fingerprint density at radius 1 is 1.28 bits per heavy atom. The first-order valence-corrected chi connectivity index (χ1v) is 8.67. The molecule has 0 atom stereocenters. The molecule has 2 aromatic rings. The van der Waals surface area contributed by atoms with E-state index in [-0.39, 0.29) is 11.9 Å². The van der Waals surface area contributed by atoms with E-state index in [1.54, 1.807) is 13.2 Å². The molecule has 0 aliphatic heterocycles. The first-order valence-electron chi connectivity index (χ1n) is 8.67. The van der Waals surface area contributed by atoms with Crippen molar-refractivity contribution in [2.75, 3.05) is 20.8 Å². The Balaban J connectivity index is 1.71. The van der Waals surface area contributed by atoms with Gasteiger partial charge in [-0.05, 0) is 26.0 Å². The summed E-state index contributed by atoms with van der Waals surface area (Å²) in [6, 6.07) is 7.12. The van der Waals surface area contributed by atoms with Crippen molar-refractivity contribution in [3.63, 3.8) is 0 Å².